The van der Waals surface area contributed by atoms with Gasteiger partial charge in [0.2, 0.25) is 0 Å². The summed E-state index contributed by atoms with van der Waals surface area (Å²) in [6, 6.07) is 18.8. The predicted octanol–water partition coefficient (Wildman–Crippen LogP) is 3.58. The quantitative estimate of drug-likeness (QED) is 0.221. The van der Waals surface area contributed by atoms with E-state index >= 15 is 0 Å². The van der Waals surface area contributed by atoms with Crippen LogP contribution in [0.4, 0.5) is 0 Å². The molecule has 1 atom stereocenters. The molecule has 1 fully saturated rings. The number of hydrogen-bond donors (Lipinski definition) is 1. The molecule has 0 bridgehead atoms. The summed E-state index contributed by atoms with van der Waals surface area (Å²) in [4.78, 5) is 6.97. The molecule has 3 rings (SSSR count). The maximum absolute atomic E-state index is 12.4. The molecule has 8 heteroatoms. The molecule has 2 aromatic rings. The highest BCUT2D eigenvalue weighted by Crippen LogP contribution is 2.17. The molecule has 1 aliphatic rings. The molecule has 0 aliphatic carbocycles. The third kappa shape index (κ3) is 8.08. The van der Waals surface area contributed by atoms with E-state index in [1.165, 1.54) is 5.56 Å². The van der Waals surface area contributed by atoms with Gasteiger partial charge in [0.15, 0.2) is 15.8 Å². The van der Waals surface area contributed by atoms with E-state index in [4.69, 9.17) is 4.74 Å². The van der Waals surface area contributed by atoms with Gasteiger partial charge in [0.05, 0.1) is 23.9 Å². The standard InChI is InChI=1S/C23H31N3O3S.HI/c1-24-23(25-14-8-16-30(27,28)22-11-6-3-7-12-22)26-15-13-21(17-26)19-29-18-20-9-4-2-5-10-20;/h2-7,9-12,21H,8,13-19H2,1H3,(H,24,25);1H. The van der Waals surface area contributed by atoms with E-state index in [0.29, 0.717) is 30.4 Å². The first kappa shape index (κ1) is 25.6. The van der Waals surface area contributed by atoms with Crippen LogP contribution < -0.4 is 5.32 Å². The molecule has 0 spiro atoms. The largest absolute Gasteiger partial charge is 0.376 e. The summed E-state index contributed by atoms with van der Waals surface area (Å²) in [5.74, 6) is 1.43. The number of nitrogens with one attached hydrogen (secondary N) is 1. The molecular weight excluding hydrogens is 525 g/mol. The summed E-state index contributed by atoms with van der Waals surface area (Å²) in [6.45, 7) is 3.78. The van der Waals surface area contributed by atoms with Crippen molar-refractivity contribution in [3.8, 4) is 0 Å². The number of nitrogens with zero attached hydrogens (tertiary/aromatic N) is 2. The zero-order chi connectivity index (χ0) is 21.2. The van der Waals surface area contributed by atoms with E-state index < -0.39 is 9.84 Å². The first-order chi connectivity index (χ1) is 14.6. The average molecular weight is 557 g/mol. The average Bonchev–Trinajstić information content (AvgIpc) is 3.24. The minimum Gasteiger partial charge on any atom is -0.376 e. The SMILES string of the molecule is CN=C(NCCCS(=O)(=O)c1ccccc1)N1CCC(COCc2ccccc2)C1.I. The van der Waals surface area contributed by atoms with Crippen LogP contribution in [0.15, 0.2) is 70.6 Å². The lowest BCUT2D eigenvalue weighted by Gasteiger charge is -2.21. The Hall–Kier alpha value is -1.65. The number of likely N-dealkylation sites (tertiary alicyclic amines) is 1. The van der Waals surface area contributed by atoms with Gasteiger partial charge in [-0.25, -0.2) is 8.42 Å². The van der Waals surface area contributed by atoms with Crippen molar-refractivity contribution in [2.75, 3.05) is 39.0 Å². The molecule has 1 saturated heterocycles. The van der Waals surface area contributed by atoms with Gasteiger partial charge in [0.1, 0.15) is 0 Å². The van der Waals surface area contributed by atoms with E-state index in [1.807, 2.05) is 24.3 Å². The summed E-state index contributed by atoms with van der Waals surface area (Å²) in [7, 11) is -1.47. The van der Waals surface area contributed by atoms with E-state index in [9.17, 15) is 8.42 Å². The Labute approximate surface area is 203 Å². The second kappa shape index (κ2) is 13.0. The van der Waals surface area contributed by atoms with Crippen LogP contribution in [-0.2, 0) is 21.2 Å². The minimum absolute atomic E-state index is 0. The van der Waals surface area contributed by atoms with Crippen molar-refractivity contribution in [1.29, 1.82) is 0 Å². The second-order valence-corrected chi connectivity index (χ2v) is 9.67. The fraction of sp³-hybridized carbons (Fsp3) is 0.435. The highest BCUT2D eigenvalue weighted by atomic mass is 127. The molecule has 1 N–H and O–H groups in total. The second-order valence-electron chi connectivity index (χ2n) is 7.56. The Morgan fingerprint density at radius 3 is 2.48 bits per heavy atom. The molecule has 0 aromatic heterocycles. The third-order valence-electron chi connectivity index (χ3n) is 5.24. The summed E-state index contributed by atoms with van der Waals surface area (Å²) in [5, 5.41) is 3.31. The molecule has 0 radical (unpaired) electrons. The predicted molar refractivity (Wildman–Crippen MR) is 136 cm³/mol. The maximum Gasteiger partial charge on any atom is 0.193 e. The van der Waals surface area contributed by atoms with E-state index in [-0.39, 0.29) is 29.7 Å². The minimum atomic E-state index is -3.24. The van der Waals surface area contributed by atoms with Gasteiger partial charge in [-0.15, -0.1) is 24.0 Å². The van der Waals surface area contributed by atoms with Crippen molar-refractivity contribution < 1.29 is 13.2 Å². The van der Waals surface area contributed by atoms with Gasteiger partial charge in [-0.3, -0.25) is 4.99 Å². The Morgan fingerprint density at radius 1 is 1.13 bits per heavy atom. The summed E-state index contributed by atoms with van der Waals surface area (Å²) < 4.78 is 30.6. The van der Waals surface area contributed by atoms with Gasteiger partial charge < -0.3 is 15.0 Å². The van der Waals surface area contributed by atoms with Crippen LogP contribution in [0.3, 0.4) is 0 Å². The number of hydrogen-bond acceptors (Lipinski definition) is 4. The van der Waals surface area contributed by atoms with E-state index in [1.54, 1.807) is 31.3 Å². The molecule has 1 aliphatic heterocycles. The zero-order valence-electron chi connectivity index (χ0n) is 17.9. The Balaban J connectivity index is 0.00000341. The molecule has 0 amide bonds. The van der Waals surface area contributed by atoms with Gasteiger partial charge in [0, 0.05) is 32.6 Å². The number of rotatable bonds is 9. The fourth-order valence-corrected chi connectivity index (χ4v) is 4.95. The number of halogens is 1. The smallest absolute Gasteiger partial charge is 0.193 e. The molecule has 0 saturated carbocycles. The highest BCUT2D eigenvalue weighted by molar-refractivity contribution is 14.0. The van der Waals surface area contributed by atoms with Crippen molar-refractivity contribution in [3.05, 3.63) is 66.2 Å². The summed E-state index contributed by atoms with van der Waals surface area (Å²) in [5.41, 5.74) is 1.19. The molecular formula is C23H32IN3O3S. The van der Waals surface area contributed by atoms with Crippen molar-refractivity contribution in [1.82, 2.24) is 10.2 Å². The lowest BCUT2D eigenvalue weighted by Crippen LogP contribution is -2.41. The van der Waals surface area contributed by atoms with Crippen molar-refractivity contribution in [2.45, 2.75) is 24.3 Å². The van der Waals surface area contributed by atoms with Crippen LogP contribution in [0.1, 0.15) is 18.4 Å². The summed E-state index contributed by atoms with van der Waals surface area (Å²) >= 11 is 0. The van der Waals surface area contributed by atoms with Crippen molar-refractivity contribution in [3.63, 3.8) is 0 Å². The van der Waals surface area contributed by atoms with Gasteiger partial charge in [0.25, 0.3) is 0 Å². The number of benzene rings is 2. The maximum atomic E-state index is 12.4. The topological polar surface area (TPSA) is 71.0 Å². The Kier molecular flexibility index (Phi) is 10.8. The molecule has 1 heterocycles. The van der Waals surface area contributed by atoms with Crippen LogP contribution >= 0.6 is 24.0 Å². The van der Waals surface area contributed by atoms with Gasteiger partial charge >= 0.3 is 0 Å². The van der Waals surface area contributed by atoms with Gasteiger partial charge in [-0.1, -0.05) is 48.5 Å². The molecule has 1 unspecified atom stereocenters. The van der Waals surface area contributed by atoms with Crippen molar-refractivity contribution in [2.24, 2.45) is 10.9 Å². The third-order valence-corrected chi connectivity index (χ3v) is 7.05. The van der Waals surface area contributed by atoms with Gasteiger partial charge in [-0.2, -0.15) is 0 Å². The molecule has 2 aromatic carbocycles. The van der Waals surface area contributed by atoms with Crippen LogP contribution in [-0.4, -0.2) is 58.3 Å². The Morgan fingerprint density at radius 2 is 1.81 bits per heavy atom. The first-order valence-electron chi connectivity index (χ1n) is 10.4. The number of aliphatic imine (C=N–C) groups is 1. The number of guanidine groups is 1. The highest BCUT2D eigenvalue weighted by Gasteiger charge is 2.25. The van der Waals surface area contributed by atoms with E-state index in [0.717, 1.165) is 32.1 Å². The van der Waals surface area contributed by atoms with Crippen LogP contribution in [0.2, 0.25) is 0 Å². The number of sulfone groups is 1. The fourth-order valence-electron chi connectivity index (χ4n) is 3.62. The number of ether oxygens (including phenoxy) is 1. The zero-order valence-corrected chi connectivity index (χ0v) is 21.1. The molecule has 170 valence electrons. The van der Waals surface area contributed by atoms with Crippen LogP contribution in [0.5, 0.6) is 0 Å². The normalized spacial score (nSPS) is 16.7. The lowest BCUT2D eigenvalue weighted by atomic mass is 10.1. The van der Waals surface area contributed by atoms with Gasteiger partial charge in [-0.05, 0) is 30.5 Å². The van der Waals surface area contributed by atoms with Crippen LogP contribution in [0, 0.1) is 5.92 Å². The van der Waals surface area contributed by atoms with Crippen LogP contribution in [0.25, 0.3) is 0 Å². The lowest BCUT2D eigenvalue weighted by molar-refractivity contribution is 0.0907. The molecule has 31 heavy (non-hydrogen) atoms. The Bertz CT molecular complexity index is 908. The molecule has 6 nitrogen and oxygen atoms in total. The monoisotopic (exact) mass is 557 g/mol. The van der Waals surface area contributed by atoms with E-state index in [2.05, 4.69) is 27.3 Å². The summed E-state index contributed by atoms with van der Waals surface area (Å²) in [6.07, 6.45) is 1.60. The van der Waals surface area contributed by atoms with Crippen molar-refractivity contribution >= 4 is 39.8 Å². The first-order valence-corrected chi connectivity index (χ1v) is 12.1.